The number of aromatic nitrogens is 5. The van der Waals surface area contributed by atoms with Crippen molar-refractivity contribution < 1.29 is 14.4 Å². The predicted molar refractivity (Wildman–Crippen MR) is 191 cm³/mol. The quantitative estimate of drug-likeness (QED) is 0.255. The van der Waals surface area contributed by atoms with Crippen LogP contribution in [0, 0.1) is 19.8 Å². The molecule has 6 rings (SSSR count). The lowest BCUT2D eigenvalue weighted by molar-refractivity contribution is -0.129. The Morgan fingerprint density at radius 3 is 2.26 bits per heavy atom. The number of benzene rings is 3. The number of hydrogen-bond donors (Lipinski definition) is 2. The number of amides is 3. The number of hydrogen-bond acceptors (Lipinski definition) is 6. The van der Waals surface area contributed by atoms with Crippen molar-refractivity contribution in [2.45, 2.75) is 65.6 Å². The Hall–Kier alpha value is -5.58. The Balaban J connectivity index is 1.35. The molecular weight excluding hydrogens is 628 g/mol. The number of carbonyl (C=O) groups excluding carboxylic acids is 3. The minimum Gasteiger partial charge on any atom is -0.344 e. The third-order valence-corrected chi connectivity index (χ3v) is 8.97. The fraction of sp³-hybridized carbons (Fsp3) is 0.333. The normalized spacial score (nSPS) is 17.5. The fourth-order valence-electron chi connectivity index (χ4n) is 6.27. The van der Waals surface area contributed by atoms with Crippen LogP contribution in [-0.2, 0) is 22.6 Å². The van der Waals surface area contributed by atoms with Crippen molar-refractivity contribution in [3.05, 3.63) is 119 Å². The van der Waals surface area contributed by atoms with E-state index in [2.05, 4.69) is 10.6 Å². The molecule has 258 valence electrons. The molecule has 1 aliphatic heterocycles. The van der Waals surface area contributed by atoms with E-state index < -0.39 is 12.1 Å². The van der Waals surface area contributed by atoms with Gasteiger partial charge in [-0.25, -0.2) is 14.3 Å². The lowest BCUT2D eigenvalue weighted by atomic mass is 10.0. The zero-order chi connectivity index (χ0) is 35.2. The van der Waals surface area contributed by atoms with Crippen LogP contribution in [0.1, 0.15) is 65.9 Å². The third-order valence-electron chi connectivity index (χ3n) is 8.97. The van der Waals surface area contributed by atoms with Crippen LogP contribution in [0.15, 0.2) is 91.1 Å². The molecule has 0 bridgehead atoms. The standard InChI is InChI=1S/C39H44N8O3/c1-26(2)35-37-40-28(4)43-46(37)23-22-45(21-11-16-34(48)41-33(38(49)42-35)24-29-12-7-5-8-13-29)39(50)32-25-47(31-14-9-6-10-15-31)44-36(32)30-19-17-27(3)18-20-30/h5-10,12-15,17-20,25-26,33,35H,11,16,21-24H2,1-4H3,(H,41,48)(H,42,49)/t33-,35+/m0/s1. The van der Waals surface area contributed by atoms with E-state index in [0.717, 1.165) is 22.4 Å². The van der Waals surface area contributed by atoms with Crippen LogP contribution in [-0.4, -0.2) is 66.3 Å². The molecule has 0 saturated carbocycles. The van der Waals surface area contributed by atoms with E-state index in [9.17, 15) is 14.4 Å². The molecule has 0 saturated heterocycles. The molecule has 3 amide bonds. The average Bonchev–Trinajstić information content (AvgIpc) is 3.72. The molecule has 0 fully saturated rings. The van der Waals surface area contributed by atoms with Crippen molar-refractivity contribution in [3.63, 3.8) is 0 Å². The minimum absolute atomic E-state index is 0.0269. The maximum absolute atomic E-state index is 14.6. The maximum Gasteiger partial charge on any atom is 0.257 e. The van der Waals surface area contributed by atoms with Crippen LogP contribution >= 0.6 is 0 Å². The topological polar surface area (TPSA) is 127 Å². The minimum atomic E-state index is -0.787. The van der Waals surface area contributed by atoms with Crippen molar-refractivity contribution >= 4 is 17.7 Å². The number of para-hydroxylation sites is 1. The second-order valence-corrected chi connectivity index (χ2v) is 13.2. The van der Waals surface area contributed by atoms with E-state index in [4.69, 9.17) is 15.2 Å². The van der Waals surface area contributed by atoms with Gasteiger partial charge in [0.25, 0.3) is 5.91 Å². The van der Waals surface area contributed by atoms with Crippen molar-refractivity contribution in [2.24, 2.45) is 5.92 Å². The molecular formula is C39H44N8O3. The van der Waals surface area contributed by atoms with Gasteiger partial charge in [-0.1, -0.05) is 92.2 Å². The number of nitrogens with one attached hydrogen (secondary N) is 2. The summed E-state index contributed by atoms with van der Waals surface area (Å²) in [5, 5.41) is 15.7. The number of fused-ring (bicyclic) bond motifs is 1. The van der Waals surface area contributed by atoms with E-state index in [0.29, 0.717) is 55.4 Å². The number of carbonyl (C=O) groups is 3. The van der Waals surface area contributed by atoms with Crippen molar-refractivity contribution in [2.75, 3.05) is 13.1 Å². The van der Waals surface area contributed by atoms with Crippen LogP contribution in [0.4, 0.5) is 0 Å². The highest BCUT2D eigenvalue weighted by molar-refractivity contribution is 6.00. The molecule has 0 radical (unpaired) electrons. The van der Waals surface area contributed by atoms with Gasteiger partial charge in [0.05, 0.1) is 23.8 Å². The summed E-state index contributed by atoms with van der Waals surface area (Å²) >= 11 is 0. The number of rotatable bonds is 6. The summed E-state index contributed by atoms with van der Waals surface area (Å²) in [5.74, 6) is 0.438. The van der Waals surface area contributed by atoms with Gasteiger partial charge in [-0.05, 0) is 43.9 Å². The average molecular weight is 673 g/mol. The Kier molecular flexibility index (Phi) is 10.5. The van der Waals surface area contributed by atoms with Gasteiger partial charge >= 0.3 is 0 Å². The van der Waals surface area contributed by atoms with Gasteiger partial charge in [0.1, 0.15) is 23.4 Å². The first-order valence-corrected chi connectivity index (χ1v) is 17.2. The first-order chi connectivity index (χ1) is 24.2. The summed E-state index contributed by atoms with van der Waals surface area (Å²) in [7, 11) is 0. The summed E-state index contributed by atoms with van der Waals surface area (Å²) in [6.45, 7) is 8.86. The lowest BCUT2D eigenvalue weighted by Crippen LogP contribution is -2.50. The molecule has 0 spiro atoms. The first kappa shape index (κ1) is 34.3. The molecule has 0 aliphatic carbocycles. The summed E-state index contributed by atoms with van der Waals surface area (Å²) in [5.41, 5.74) is 4.77. The molecule has 11 nitrogen and oxygen atoms in total. The SMILES string of the molecule is Cc1ccc(-c2nn(-c3ccccc3)cc2C(=O)N2CCCC(=O)N[C@@H](Cc3ccccc3)C(=O)N[C@H](C(C)C)c3nc(C)nn3CC2)cc1. The first-order valence-electron chi connectivity index (χ1n) is 17.2. The van der Waals surface area contributed by atoms with Crippen LogP contribution in [0.2, 0.25) is 0 Å². The van der Waals surface area contributed by atoms with E-state index in [1.807, 2.05) is 113 Å². The molecule has 50 heavy (non-hydrogen) atoms. The lowest BCUT2D eigenvalue weighted by Gasteiger charge is -2.28. The Morgan fingerprint density at radius 1 is 0.860 bits per heavy atom. The summed E-state index contributed by atoms with van der Waals surface area (Å²) in [6, 6.07) is 26.1. The number of nitrogens with zero attached hydrogens (tertiary/aromatic N) is 6. The highest BCUT2D eigenvalue weighted by Gasteiger charge is 2.31. The largest absolute Gasteiger partial charge is 0.344 e. The van der Waals surface area contributed by atoms with E-state index in [1.165, 1.54) is 0 Å². The Morgan fingerprint density at radius 2 is 1.56 bits per heavy atom. The summed E-state index contributed by atoms with van der Waals surface area (Å²) in [6.07, 6.45) is 2.68. The molecule has 1 aliphatic rings. The van der Waals surface area contributed by atoms with Gasteiger partial charge in [-0.3, -0.25) is 14.4 Å². The van der Waals surface area contributed by atoms with Crippen molar-refractivity contribution in [1.82, 2.24) is 40.1 Å². The van der Waals surface area contributed by atoms with Gasteiger partial charge in [-0.15, -0.1) is 0 Å². The van der Waals surface area contributed by atoms with Crippen molar-refractivity contribution in [3.8, 4) is 16.9 Å². The van der Waals surface area contributed by atoms with Gasteiger partial charge in [-0.2, -0.15) is 10.2 Å². The van der Waals surface area contributed by atoms with Gasteiger partial charge in [0, 0.05) is 37.7 Å². The second kappa shape index (κ2) is 15.3. The predicted octanol–water partition coefficient (Wildman–Crippen LogP) is 5.22. The van der Waals surface area contributed by atoms with Crippen LogP contribution in [0.25, 0.3) is 16.9 Å². The van der Waals surface area contributed by atoms with E-state index >= 15 is 0 Å². The van der Waals surface area contributed by atoms with Gasteiger partial charge in [0.2, 0.25) is 11.8 Å². The smallest absolute Gasteiger partial charge is 0.257 e. The molecule has 11 heteroatoms. The molecule has 2 N–H and O–H groups in total. The number of aryl methyl sites for hydroxylation is 2. The molecule has 3 aromatic carbocycles. The fourth-order valence-corrected chi connectivity index (χ4v) is 6.27. The molecule has 0 unspecified atom stereocenters. The zero-order valence-corrected chi connectivity index (χ0v) is 29.0. The van der Waals surface area contributed by atoms with Gasteiger partial charge in [0.15, 0.2) is 0 Å². The molecule has 2 atom stereocenters. The summed E-state index contributed by atoms with van der Waals surface area (Å²) < 4.78 is 3.53. The molecule has 2 aromatic heterocycles. The Bertz CT molecular complexity index is 1930. The van der Waals surface area contributed by atoms with Crippen LogP contribution in [0.3, 0.4) is 0 Å². The highest BCUT2D eigenvalue weighted by Crippen LogP contribution is 2.27. The molecule has 3 heterocycles. The second-order valence-electron chi connectivity index (χ2n) is 13.2. The maximum atomic E-state index is 14.6. The molecule has 5 aromatic rings. The van der Waals surface area contributed by atoms with Crippen molar-refractivity contribution in [1.29, 1.82) is 0 Å². The Labute approximate surface area is 292 Å². The monoisotopic (exact) mass is 672 g/mol. The van der Waals surface area contributed by atoms with Crippen LogP contribution in [0.5, 0.6) is 0 Å². The third kappa shape index (κ3) is 7.99. The van der Waals surface area contributed by atoms with E-state index in [1.54, 1.807) is 20.5 Å². The van der Waals surface area contributed by atoms with Crippen LogP contribution < -0.4 is 10.6 Å². The highest BCUT2D eigenvalue weighted by atomic mass is 16.2. The van der Waals surface area contributed by atoms with E-state index in [-0.39, 0.29) is 30.1 Å². The zero-order valence-electron chi connectivity index (χ0n) is 29.0. The summed E-state index contributed by atoms with van der Waals surface area (Å²) in [4.78, 5) is 48.2. The van der Waals surface area contributed by atoms with Gasteiger partial charge < -0.3 is 15.5 Å².